The minimum atomic E-state index is -0.670. The fourth-order valence-corrected chi connectivity index (χ4v) is 0.984. The predicted octanol–water partition coefficient (Wildman–Crippen LogP) is -0.304. The molecule has 6 heteroatoms. The maximum absolute atomic E-state index is 11.3. The number of aryl methyl sites for hydroxylation is 1. The van der Waals surface area contributed by atoms with Gasteiger partial charge in [-0.25, -0.2) is 4.79 Å². The van der Waals surface area contributed by atoms with Crippen LogP contribution in [0.4, 0.5) is 0 Å². The van der Waals surface area contributed by atoms with Crippen LogP contribution in [0.25, 0.3) is 0 Å². The van der Waals surface area contributed by atoms with Crippen LogP contribution in [-0.2, 0) is 11.8 Å². The number of primary amides is 1. The molecule has 0 aliphatic heterocycles. The van der Waals surface area contributed by atoms with E-state index in [-0.39, 0.29) is 18.0 Å². The van der Waals surface area contributed by atoms with Crippen LogP contribution in [0.5, 0.6) is 0 Å². The highest BCUT2D eigenvalue weighted by atomic mass is 16.5. The molecular formula is C8H11N3O3. The highest BCUT2D eigenvalue weighted by Crippen LogP contribution is 2.04. The molecule has 0 atom stereocenters. The third kappa shape index (κ3) is 1.90. The van der Waals surface area contributed by atoms with Crippen molar-refractivity contribution >= 4 is 11.9 Å². The summed E-state index contributed by atoms with van der Waals surface area (Å²) in [4.78, 5) is 22.0. The average Bonchev–Trinajstić information content (AvgIpc) is 2.48. The SMILES string of the molecule is CCOC(=O)c1cc(C(N)=O)nn1C. The summed E-state index contributed by atoms with van der Waals surface area (Å²) in [6.45, 7) is 1.97. The molecular weight excluding hydrogens is 186 g/mol. The van der Waals surface area contributed by atoms with Crippen LogP contribution < -0.4 is 5.73 Å². The Labute approximate surface area is 80.6 Å². The van der Waals surface area contributed by atoms with Crippen molar-refractivity contribution in [1.82, 2.24) is 9.78 Å². The van der Waals surface area contributed by atoms with Crippen molar-refractivity contribution in [2.45, 2.75) is 6.92 Å². The lowest BCUT2D eigenvalue weighted by molar-refractivity contribution is 0.0513. The molecule has 0 aliphatic rings. The molecule has 0 radical (unpaired) electrons. The number of carbonyl (C=O) groups is 2. The Hall–Kier alpha value is -1.85. The monoisotopic (exact) mass is 197 g/mol. The smallest absolute Gasteiger partial charge is 0.356 e. The van der Waals surface area contributed by atoms with Crippen molar-refractivity contribution < 1.29 is 14.3 Å². The molecule has 0 spiro atoms. The fourth-order valence-electron chi connectivity index (χ4n) is 0.984. The molecule has 0 unspecified atom stereocenters. The van der Waals surface area contributed by atoms with E-state index in [0.717, 1.165) is 0 Å². The van der Waals surface area contributed by atoms with Crippen LogP contribution in [0.1, 0.15) is 27.9 Å². The van der Waals surface area contributed by atoms with Gasteiger partial charge < -0.3 is 10.5 Å². The first-order chi connectivity index (χ1) is 6.56. The lowest BCUT2D eigenvalue weighted by Crippen LogP contribution is -2.12. The van der Waals surface area contributed by atoms with Gasteiger partial charge in [0.2, 0.25) is 0 Å². The number of nitrogens with zero attached hydrogens (tertiary/aromatic N) is 2. The van der Waals surface area contributed by atoms with Gasteiger partial charge in [0, 0.05) is 13.1 Å². The van der Waals surface area contributed by atoms with Gasteiger partial charge in [0.15, 0.2) is 5.69 Å². The summed E-state index contributed by atoms with van der Waals surface area (Å²) in [6.07, 6.45) is 0. The van der Waals surface area contributed by atoms with E-state index in [4.69, 9.17) is 10.5 Å². The zero-order valence-electron chi connectivity index (χ0n) is 7.98. The molecule has 0 saturated heterocycles. The Kier molecular flexibility index (Phi) is 2.85. The molecule has 0 bridgehead atoms. The highest BCUT2D eigenvalue weighted by molar-refractivity contribution is 5.95. The summed E-state index contributed by atoms with van der Waals surface area (Å²) in [6, 6.07) is 1.31. The molecule has 1 rings (SSSR count). The van der Waals surface area contributed by atoms with Gasteiger partial charge in [-0.1, -0.05) is 0 Å². The lowest BCUT2D eigenvalue weighted by Gasteiger charge is -1.99. The van der Waals surface area contributed by atoms with E-state index in [1.165, 1.54) is 10.7 Å². The Morgan fingerprint density at radius 3 is 2.71 bits per heavy atom. The predicted molar refractivity (Wildman–Crippen MR) is 47.7 cm³/mol. The third-order valence-electron chi connectivity index (χ3n) is 1.62. The van der Waals surface area contributed by atoms with Crippen molar-refractivity contribution in [3.05, 3.63) is 17.5 Å². The van der Waals surface area contributed by atoms with Gasteiger partial charge >= 0.3 is 5.97 Å². The van der Waals surface area contributed by atoms with E-state index in [0.29, 0.717) is 0 Å². The quantitative estimate of drug-likeness (QED) is 0.673. The van der Waals surface area contributed by atoms with E-state index < -0.39 is 11.9 Å². The number of aromatic nitrogens is 2. The van der Waals surface area contributed by atoms with Gasteiger partial charge in [-0.05, 0) is 6.92 Å². The van der Waals surface area contributed by atoms with Crippen LogP contribution >= 0.6 is 0 Å². The maximum Gasteiger partial charge on any atom is 0.356 e. The Morgan fingerprint density at radius 1 is 1.64 bits per heavy atom. The number of rotatable bonds is 3. The van der Waals surface area contributed by atoms with E-state index >= 15 is 0 Å². The average molecular weight is 197 g/mol. The molecule has 1 aromatic heterocycles. The van der Waals surface area contributed by atoms with Crippen molar-refractivity contribution in [1.29, 1.82) is 0 Å². The van der Waals surface area contributed by atoms with Crippen LogP contribution in [-0.4, -0.2) is 28.3 Å². The molecule has 2 N–H and O–H groups in total. The first-order valence-electron chi connectivity index (χ1n) is 4.07. The second-order valence-corrected chi connectivity index (χ2v) is 2.62. The molecule has 0 aliphatic carbocycles. The summed E-state index contributed by atoms with van der Waals surface area (Å²) in [5.41, 5.74) is 5.26. The Bertz CT molecular complexity index is 370. The van der Waals surface area contributed by atoms with Gasteiger partial charge in [0.05, 0.1) is 6.61 Å². The maximum atomic E-state index is 11.3. The van der Waals surface area contributed by atoms with Crippen LogP contribution in [0.15, 0.2) is 6.07 Å². The molecule has 0 saturated carbocycles. The van der Waals surface area contributed by atoms with Gasteiger partial charge in [-0.3, -0.25) is 9.48 Å². The number of amides is 1. The number of hydrogen-bond acceptors (Lipinski definition) is 4. The molecule has 1 heterocycles. The zero-order valence-corrected chi connectivity index (χ0v) is 7.98. The first-order valence-corrected chi connectivity index (χ1v) is 4.07. The topological polar surface area (TPSA) is 87.2 Å². The zero-order chi connectivity index (χ0) is 10.7. The van der Waals surface area contributed by atoms with E-state index in [9.17, 15) is 9.59 Å². The normalized spacial score (nSPS) is 9.86. The number of esters is 1. The Balaban J connectivity index is 2.98. The van der Waals surface area contributed by atoms with Gasteiger partial charge in [-0.15, -0.1) is 0 Å². The van der Waals surface area contributed by atoms with Gasteiger partial charge in [-0.2, -0.15) is 5.10 Å². The Morgan fingerprint density at radius 2 is 2.29 bits per heavy atom. The minimum Gasteiger partial charge on any atom is -0.461 e. The summed E-state index contributed by atoms with van der Waals surface area (Å²) in [5.74, 6) is -1.19. The van der Waals surface area contributed by atoms with Gasteiger partial charge in [0.25, 0.3) is 5.91 Å². The molecule has 76 valence electrons. The molecule has 6 nitrogen and oxygen atoms in total. The summed E-state index contributed by atoms with van der Waals surface area (Å²) in [7, 11) is 1.54. The van der Waals surface area contributed by atoms with Crippen molar-refractivity contribution in [3.63, 3.8) is 0 Å². The summed E-state index contributed by atoms with van der Waals surface area (Å²) >= 11 is 0. The van der Waals surface area contributed by atoms with Gasteiger partial charge in [0.1, 0.15) is 5.69 Å². The van der Waals surface area contributed by atoms with E-state index in [2.05, 4.69) is 5.10 Å². The van der Waals surface area contributed by atoms with Crippen LogP contribution in [0.3, 0.4) is 0 Å². The molecule has 0 aromatic carbocycles. The van der Waals surface area contributed by atoms with Crippen molar-refractivity contribution in [2.75, 3.05) is 6.61 Å². The number of nitrogens with two attached hydrogens (primary N) is 1. The molecule has 1 aromatic rings. The second kappa shape index (κ2) is 3.91. The van der Waals surface area contributed by atoms with Crippen molar-refractivity contribution in [3.8, 4) is 0 Å². The standard InChI is InChI=1S/C8H11N3O3/c1-3-14-8(13)6-4-5(7(9)12)10-11(6)2/h4H,3H2,1-2H3,(H2,9,12). The largest absolute Gasteiger partial charge is 0.461 e. The number of hydrogen-bond donors (Lipinski definition) is 1. The van der Waals surface area contributed by atoms with Crippen LogP contribution in [0, 0.1) is 0 Å². The second-order valence-electron chi connectivity index (χ2n) is 2.62. The summed E-state index contributed by atoms with van der Waals surface area (Å²) < 4.78 is 6.01. The molecule has 0 fully saturated rings. The summed E-state index contributed by atoms with van der Waals surface area (Å²) in [5, 5.41) is 3.75. The number of ether oxygens (including phenoxy) is 1. The molecule has 14 heavy (non-hydrogen) atoms. The first kappa shape index (κ1) is 10.2. The highest BCUT2D eigenvalue weighted by Gasteiger charge is 2.16. The van der Waals surface area contributed by atoms with E-state index in [1.54, 1.807) is 14.0 Å². The molecule has 1 amide bonds. The third-order valence-corrected chi connectivity index (χ3v) is 1.62. The van der Waals surface area contributed by atoms with E-state index in [1.807, 2.05) is 0 Å². The van der Waals surface area contributed by atoms with Crippen molar-refractivity contribution in [2.24, 2.45) is 12.8 Å². The fraction of sp³-hybridized carbons (Fsp3) is 0.375. The minimum absolute atomic E-state index is 0.0514. The van der Waals surface area contributed by atoms with Crippen LogP contribution in [0.2, 0.25) is 0 Å². The number of carbonyl (C=O) groups excluding carboxylic acids is 2. The lowest BCUT2D eigenvalue weighted by atomic mass is 10.3.